The first kappa shape index (κ1) is 41.5. The Balaban J connectivity index is 1.06. The predicted molar refractivity (Wildman–Crippen MR) is 190 cm³/mol. The monoisotopic (exact) mass is 755 g/mol. The normalized spacial score (nSPS) is 41.1. The molecule has 304 valence electrons. The number of ether oxygens (including phenoxy) is 12. The summed E-state index contributed by atoms with van der Waals surface area (Å²) in [6.07, 6.45) is 1.63. The zero-order valence-corrected chi connectivity index (χ0v) is 34.0. The smallest absolute Gasteiger partial charge is 0.164 e. The summed E-state index contributed by atoms with van der Waals surface area (Å²) in [7, 11) is 0. The molecule has 6 aliphatic rings. The van der Waals surface area contributed by atoms with Gasteiger partial charge in [0.05, 0.1) is 25.4 Å². The van der Waals surface area contributed by atoms with Crippen molar-refractivity contribution in [1.82, 2.24) is 0 Å². The van der Waals surface area contributed by atoms with Gasteiger partial charge in [-0.3, -0.25) is 0 Å². The van der Waals surface area contributed by atoms with Gasteiger partial charge in [-0.2, -0.15) is 0 Å². The summed E-state index contributed by atoms with van der Waals surface area (Å²) >= 11 is 0. The lowest BCUT2D eigenvalue weighted by atomic mass is 9.91. The van der Waals surface area contributed by atoms with E-state index in [0.29, 0.717) is 19.8 Å². The van der Waals surface area contributed by atoms with Crippen LogP contribution in [0.25, 0.3) is 10.4 Å². The van der Waals surface area contributed by atoms with Crippen molar-refractivity contribution >= 4 is 0 Å². The van der Waals surface area contributed by atoms with Crippen molar-refractivity contribution in [2.45, 2.75) is 217 Å². The molecule has 0 aromatic carbocycles. The molecule has 10 atom stereocenters. The van der Waals surface area contributed by atoms with Crippen LogP contribution in [0.1, 0.15) is 122 Å². The third kappa shape index (κ3) is 10.2. The minimum atomic E-state index is -0.807. The first-order chi connectivity index (χ1) is 24.6. The van der Waals surface area contributed by atoms with Gasteiger partial charge >= 0.3 is 0 Å². The fraction of sp³-hybridized carbons (Fsp3) is 1.00. The summed E-state index contributed by atoms with van der Waals surface area (Å²) in [5.74, 6) is -4.38. The molecule has 0 unspecified atom stereocenters. The Morgan fingerprint density at radius 1 is 0.491 bits per heavy atom. The van der Waals surface area contributed by atoms with E-state index in [4.69, 9.17) is 56.8 Å². The topological polar surface area (TPSA) is 160 Å². The highest BCUT2D eigenvalue weighted by molar-refractivity contribution is 5.01. The van der Waals surface area contributed by atoms with Crippen LogP contribution in [0.2, 0.25) is 0 Å². The molecule has 0 bridgehead atoms. The van der Waals surface area contributed by atoms with Crippen molar-refractivity contribution in [3.8, 4) is 0 Å². The molecule has 6 aliphatic heterocycles. The van der Waals surface area contributed by atoms with E-state index in [1.165, 1.54) is 0 Å². The zero-order valence-electron chi connectivity index (χ0n) is 34.0. The SMILES string of the molecule is CC1(C)O[C@H]([C@H]2OC(C)(C)O[C@H]2CCCC(CCC[C@@H]2OC(C)(C)O[C@@H]2[C@H]2OC(C)(C)O[C@@H]2[C@H]2COC(C)(C)O2)CN=[N+]=[N-])[C@@H]([C@H]2COC(C)(C)O2)O1. The van der Waals surface area contributed by atoms with Gasteiger partial charge < -0.3 is 56.8 Å². The largest absolute Gasteiger partial charge is 0.348 e. The highest BCUT2D eigenvalue weighted by atomic mass is 16.8. The molecule has 0 amide bonds. The molecule has 53 heavy (non-hydrogen) atoms. The molecule has 0 aliphatic carbocycles. The Morgan fingerprint density at radius 3 is 1.21 bits per heavy atom. The van der Waals surface area contributed by atoms with Crippen molar-refractivity contribution < 1.29 is 56.8 Å². The number of hydrogen-bond acceptors (Lipinski definition) is 13. The van der Waals surface area contributed by atoms with Crippen LogP contribution in [0.15, 0.2) is 5.11 Å². The molecule has 0 spiro atoms. The lowest BCUT2D eigenvalue weighted by Gasteiger charge is -2.29. The van der Waals surface area contributed by atoms with Gasteiger partial charge in [-0.25, -0.2) is 0 Å². The van der Waals surface area contributed by atoms with E-state index in [1.807, 2.05) is 83.1 Å². The summed E-state index contributed by atoms with van der Waals surface area (Å²) in [5.41, 5.74) is 9.21. The van der Waals surface area contributed by atoms with Crippen LogP contribution in [-0.2, 0) is 56.8 Å². The van der Waals surface area contributed by atoms with Crippen LogP contribution in [-0.4, -0.2) is 116 Å². The molecule has 6 fully saturated rings. The maximum Gasteiger partial charge on any atom is 0.164 e. The quantitative estimate of drug-likeness (QED) is 0.106. The van der Waals surface area contributed by atoms with Gasteiger partial charge in [0.1, 0.15) is 48.8 Å². The van der Waals surface area contributed by atoms with Gasteiger partial charge in [0.25, 0.3) is 0 Å². The second-order valence-electron chi connectivity index (χ2n) is 18.3. The van der Waals surface area contributed by atoms with Crippen LogP contribution in [0, 0.1) is 5.92 Å². The second-order valence-corrected chi connectivity index (χ2v) is 18.3. The molecule has 0 aromatic rings. The summed E-state index contributed by atoms with van der Waals surface area (Å²) in [5, 5.41) is 3.98. The van der Waals surface area contributed by atoms with E-state index in [0.717, 1.165) is 38.5 Å². The fourth-order valence-corrected chi connectivity index (χ4v) is 8.90. The third-order valence-electron chi connectivity index (χ3n) is 10.8. The van der Waals surface area contributed by atoms with E-state index in [2.05, 4.69) is 10.0 Å². The van der Waals surface area contributed by atoms with Crippen molar-refractivity contribution in [1.29, 1.82) is 0 Å². The van der Waals surface area contributed by atoms with Crippen LogP contribution >= 0.6 is 0 Å². The van der Waals surface area contributed by atoms with Crippen molar-refractivity contribution in [3.63, 3.8) is 0 Å². The minimum absolute atomic E-state index is 0.182. The van der Waals surface area contributed by atoms with Gasteiger partial charge in [0, 0.05) is 11.5 Å². The Kier molecular flexibility index (Phi) is 12.0. The molecule has 6 saturated heterocycles. The maximum absolute atomic E-state index is 9.21. The average Bonchev–Trinajstić information content (AvgIpc) is 3.85. The Bertz CT molecular complexity index is 1230. The summed E-state index contributed by atoms with van der Waals surface area (Å²) in [6, 6.07) is 0. The number of rotatable bonds is 14. The van der Waals surface area contributed by atoms with Crippen LogP contribution in [0.4, 0.5) is 0 Å². The number of nitrogens with zero attached hydrogens (tertiary/aromatic N) is 3. The van der Waals surface area contributed by atoms with Crippen LogP contribution < -0.4 is 0 Å². The van der Waals surface area contributed by atoms with Gasteiger partial charge in [0.2, 0.25) is 0 Å². The van der Waals surface area contributed by atoms with Crippen LogP contribution in [0.5, 0.6) is 0 Å². The highest BCUT2D eigenvalue weighted by Crippen LogP contribution is 2.45. The summed E-state index contributed by atoms with van der Waals surface area (Å²) in [4.78, 5) is 3.08. The molecular weight excluding hydrogens is 690 g/mol. The minimum Gasteiger partial charge on any atom is -0.348 e. The van der Waals surface area contributed by atoms with Gasteiger partial charge in [-0.1, -0.05) is 30.8 Å². The molecular formula is C38H65N3O12. The predicted octanol–water partition coefficient (Wildman–Crippen LogP) is 6.64. The highest BCUT2D eigenvalue weighted by Gasteiger charge is 2.59. The Hall–Kier alpha value is -1.17. The summed E-state index contributed by atoms with van der Waals surface area (Å²) in [6.45, 7) is 24.2. The molecule has 0 aromatic heterocycles. The molecule has 0 radical (unpaired) electrons. The molecule has 6 heterocycles. The number of hydrogen-bond donors (Lipinski definition) is 0. The van der Waals surface area contributed by atoms with E-state index < -0.39 is 46.9 Å². The fourth-order valence-electron chi connectivity index (χ4n) is 8.90. The summed E-state index contributed by atoms with van der Waals surface area (Å²) < 4.78 is 75.9. The third-order valence-corrected chi connectivity index (χ3v) is 10.8. The van der Waals surface area contributed by atoms with Gasteiger partial charge in [-0.05, 0) is 107 Å². The lowest BCUT2D eigenvalue weighted by Crippen LogP contribution is -2.47. The Morgan fingerprint density at radius 2 is 0.849 bits per heavy atom. The first-order valence-corrected chi connectivity index (χ1v) is 19.6. The maximum atomic E-state index is 9.21. The molecule has 15 nitrogen and oxygen atoms in total. The van der Waals surface area contributed by atoms with Crippen molar-refractivity contribution in [3.05, 3.63) is 10.4 Å². The average molecular weight is 756 g/mol. The van der Waals surface area contributed by atoms with Crippen LogP contribution in [0.3, 0.4) is 0 Å². The lowest BCUT2D eigenvalue weighted by molar-refractivity contribution is -0.178. The van der Waals surface area contributed by atoms with Gasteiger partial charge in [-0.15, -0.1) is 0 Å². The van der Waals surface area contributed by atoms with Gasteiger partial charge in [0.15, 0.2) is 34.7 Å². The van der Waals surface area contributed by atoms with E-state index in [9.17, 15) is 5.53 Å². The number of azide groups is 1. The molecule has 0 saturated carbocycles. The first-order valence-electron chi connectivity index (χ1n) is 19.6. The van der Waals surface area contributed by atoms with Crippen molar-refractivity contribution in [2.24, 2.45) is 11.0 Å². The molecule has 15 heteroatoms. The molecule has 0 N–H and O–H groups in total. The van der Waals surface area contributed by atoms with E-state index in [1.54, 1.807) is 0 Å². The standard InChI is InChI=1S/C38H65N3O12/c1-33(2)42-20-25(46-33)29-31(52-37(9,10)50-29)27-23(44-35(5,6)48-27)17-13-15-22(19-40-41-39)16-14-18-24-28(49-36(7,8)45-24)32-30(51-38(11,12)53-32)26-21-43-34(3,4)47-26/h22-32H,13-21H2,1-12H3/t23-,24-,25+,26+,27-,28-,29+,30+,31+,32+/m0/s1. The second kappa shape index (κ2) is 15.3. The molecule has 6 rings (SSSR count). The van der Waals surface area contributed by atoms with Crippen molar-refractivity contribution in [2.75, 3.05) is 19.8 Å². The zero-order chi connectivity index (χ0) is 38.6. The Labute approximate surface area is 315 Å². The van der Waals surface area contributed by atoms with E-state index in [-0.39, 0.29) is 54.7 Å². The van der Waals surface area contributed by atoms with E-state index >= 15 is 0 Å².